The van der Waals surface area contributed by atoms with Crippen molar-refractivity contribution in [3.05, 3.63) is 83.6 Å². The highest BCUT2D eigenvalue weighted by atomic mass is 32.1. The minimum atomic E-state index is -0.447. The number of hydrogen-bond donors (Lipinski definition) is 1. The lowest BCUT2D eigenvalue weighted by atomic mass is 10.0. The summed E-state index contributed by atoms with van der Waals surface area (Å²) in [5.41, 5.74) is 3.43. The summed E-state index contributed by atoms with van der Waals surface area (Å²) in [6, 6.07) is 19.2. The van der Waals surface area contributed by atoms with Gasteiger partial charge >= 0.3 is 5.97 Å². The van der Waals surface area contributed by atoms with Gasteiger partial charge in [0, 0.05) is 19.1 Å². The number of benzene rings is 2. The number of hydrogen-bond acceptors (Lipinski definition) is 7. The minimum Gasteiger partial charge on any atom is -0.475 e. The Labute approximate surface area is 224 Å². The van der Waals surface area contributed by atoms with Gasteiger partial charge in [-0.15, -0.1) is 4.37 Å². The fourth-order valence-corrected chi connectivity index (χ4v) is 5.05. The van der Waals surface area contributed by atoms with Gasteiger partial charge in [0.05, 0.1) is 43.1 Å². The molecule has 1 aliphatic rings. The zero-order valence-electron chi connectivity index (χ0n) is 22.0. The largest absolute Gasteiger partial charge is 0.475 e. The molecule has 7 nitrogen and oxygen atoms in total. The molecule has 2 unspecified atom stereocenters. The molecule has 0 saturated carbocycles. The van der Waals surface area contributed by atoms with Crippen molar-refractivity contribution >= 4 is 23.3 Å². The van der Waals surface area contributed by atoms with Crippen molar-refractivity contribution in [3.8, 4) is 5.88 Å². The fraction of sp³-hybridized carbons (Fsp3) is 0.414. The van der Waals surface area contributed by atoms with E-state index in [1.54, 1.807) is 12.1 Å². The molecule has 0 saturated heterocycles. The Bertz CT molecular complexity index is 1120. The predicted octanol–water partition coefficient (Wildman–Crippen LogP) is 5.90. The van der Waals surface area contributed by atoms with Crippen molar-refractivity contribution in [2.24, 2.45) is 0 Å². The maximum absolute atomic E-state index is 13.1. The Morgan fingerprint density at radius 2 is 1.73 bits per heavy atom. The van der Waals surface area contributed by atoms with Gasteiger partial charge < -0.3 is 14.6 Å². The number of quaternary nitrogens is 1. The van der Waals surface area contributed by atoms with E-state index in [9.17, 15) is 4.79 Å². The van der Waals surface area contributed by atoms with Gasteiger partial charge in [0.25, 0.3) is 12.1 Å². The number of rotatable bonds is 11. The average Bonchev–Trinajstić information content (AvgIpc) is 3.42. The molecule has 1 aliphatic heterocycles. The molecule has 1 N–H and O–H groups in total. The maximum atomic E-state index is 13.1. The molecule has 0 radical (unpaired) electrons. The van der Waals surface area contributed by atoms with Gasteiger partial charge in [0.2, 0.25) is 0 Å². The van der Waals surface area contributed by atoms with E-state index < -0.39 is 6.23 Å². The zero-order valence-corrected chi connectivity index (χ0v) is 22.8. The number of aliphatic hydroxyl groups excluding tert-OH is 1. The Morgan fingerprint density at radius 1 is 1.03 bits per heavy atom. The van der Waals surface area contributed by atoms with E-state index in [1.807, 2.05) is 48.5 Å². The van der Waals surface area contributed by atoms with Crippen molar-refractivity contribution in [1.82, 2.24) is 8.75 Å². The Morgan fingerprint density at radius 3 is 2.43 bits per heavy atom. The van der Waals surface area contributed by atoms with Crippen LogP contribution in [0.3, 0.4) is 0 Å². The van der Waals surface area contributed by atoms with Crippen LogP contribution in [-0.4, -0.2) is 58.2 Å². The van der Waals surface area contributed by atoms with Crippen LogP contribution in [0.5, 0.6) is 5.88 Å². The molecule has 3 aromatic rings. The lowest BCUT2D eigenvalue weighted by molar-refractivity contribution is -0.953. The van der Waals surface area contributed by atoms with Crippen LogP contribution in [0, 0.1) is 0 Å². The van der Waals surface area contributed by atoms with Crippen LogP contribution in [0.25, 0.3) is 5.57 Å². The second kappa shape index (κ2) is 14.6. The molecule has 37 heavy (non-hydrogen) atoms. The molecule has 0 spiro atoms. The predicted molar refractivity (Wildman–Crippen MR) is 147 cm³/mol. The highest BCUT2D eigenvalue weighted by Gasteiger charge is 2.40. The van der Waals surface area contributed by atoms with Gasteiger partial charge in [-0.3, -0.25) is 4.48 Å². The molecule has 2 heterocycles. The zero-order chi connectivity index (χ0) is 26.5. The second-order valence-corrected chi connectivity index (χ2v) is 9.77. The first kappa shape index (κ1) is 28.5. The molecular formula is C29H38N3O4S+. The van der Waals surface area contributed by atoms with Crippen LogP contribution in [0.4, 0.5) is 0 Å². The summed E-state index contributed by atoms with van der Waals surface area (Å²) in [6.45, 7) is 4.36. The number of likely N-dealkylation sites (N-methyl/N-ethyl adjacent to an activating group) is 1. The van der Waals surface area contributed by atoms with Crippen LogP contribution in [0.15, 0.2) is 66.7 Å². The summed E-state index contributed by atoms with van der Waals surface area (Å²) in [6.07, 6.45) is 7.22. The lowest BCUT2D eigenvalue weighted by Crippen LogP contribution is -2.51. The molecule has 2 aromatic carbocycles. The van der Waals surface area contributed by atoms with Gasteiger partial charge in [-0.05, 0) is 30.7 Å². The topological polar surface area (TPSA) is 81.5 Å². The molecule has 0 amide bonds. The fourth-order valence-electron chi connectivity index (χ4n) is 4.52. The van der Waals surface area contributed by atoms with E-state index in [0.717, 1.165) is 49.7 Å². The van der Waals surface area contributed by atoms with Crippen molar-refractivity contribution in [2.75, 3.05) is 33.9 Å². The van der Waals surface area contributed by atoms with Gasteiger partial charge in [0.15, 0.2) is 0 Å². The van der Waals surface area contributed by atoms with Crippen molar-refractivity contribution < 1.29 is 23.9 Å². The number of aromatic nitrogens is 2. The average molecular weight is 525 g/mol. The van der Waals surface area contributed by atoms with Crippen LogP contribution in [-0.2, 0) is 4.74 Å². The summed E-state index contributed by atoms with van der Waals surface area (Å²) >= 11 is 1.18. The second-order valence-electron chi connectivity index (χ2n) is 9.24. The number of esters is 1. The molecule has 198 valence electrons. The van der Waals surface area contributed by atoms with E-state index in [1.165, 1.54) is 24.6 Å². The summed E-state index contributed by atoms with van der Waals surface area (Å²) in [4.78, 5) is 13.1. The standard InChI is InChI=1S/C28H34N3O3S.CH4O/c1-3-4-5-12-20-33-26-25(29-35-30-26)24-18-13-19-31(2,21-24)27(22-14-8-6-9-15-22)34-28(32)23-16-10-7-11-17-23;1-2/h6-11,14-18,27H,3-5,12-13,19-21H2,1-2H3;2H,1H3/q+1;. The number of carbonyl (C=O) groups excluding carboxylic acids is 1. The lowest BCUT2D eigenvalue weighted by Gasteiger charge is -2.42. The van der Waals surface area contributed by atoms with Crippen molar-refractivity contribution in [3.63, 3.8) is 0 Å². The number of aliphatic hydroxyl groups is 1. The van der Waals surface area contributed by atoms with E-state index in [4.69, 9.17) is 14.6 Å². The molecular weight excluding hydrogens is 486 g/mol. The normalized spacial score (nSPS) is 17.7. The van der Waals surface area contributed by atoms with Crippen molar-refractivity contribution in [2.45, 2.75) is 45.3 Å². The molecule has 0 fully saturated rings. The van der Waals surface area contributed by atoms with Crippen LogP contribution in [0.1, 0.15) is 66.9 Å². The smallest absolute Gasteiger partial charge is 0.342 e. The SMILES string of the molecule is CCCCCCOc1nsnc1C1=CCC[N+](C)(C(OC(=O)c2ccccc2)c2ccccc2)C1.CO. The summed E-state index contributed by atoms with van der Waals surface area (Å²) in [5.74, 6) is 0.296. The van der Waals surface area contributed by atoms with Gasteiger partial charge in [-0.1, -0.05) is 68.7 Å². The minimum absolute atomic E-state index is 0.318. The highest BCUT2D eigenvalue weighted by Crippen LogP contribution is 2.37. The van der Waals surface area contributed by atoms with E-state index in [0.29, 0.717) is 29.1 Å². The summed E-state index contributed by atoms with van der Waals surface area (Å²) in [7, 11) is 3.15. The third kappa shape index (κ3) is 7.71. The van der Waals surface area contributed by atoms with Gasteiger partial charge in [-0.2, -0.15) is 4.37 Å². The molecule has 2 atom stereocenters. The number of ether oxygens (including phenoxy) is 2. The molecule has 4 rings (SSSR count). The maximum Gasteiger partial charge on any atom is 0.342 e. The quantitative estimate of drug-likeness (QED) is 0.191. The first-order chi connectivity index (χ1) is 18.1. The van der Waals surface area contributed by atoms with Gasteiger partial charge in [-0.25, -0.2) is 4.79 Å². The first-order valence-corrected chi connectivity index (χ1v) is 13.6. The Balaban J connectivity index is 0.00000186. The monoisotopic (exact) mass is 524 g/mol. The summed E-state index contributed by atoms with van der Waals surface area (Å²) in [5, 5.41) is 7.00. The molecule has 8 heteroatoms. The van der Waals surface area contributed by atoms with Crippen LogP contribution < -0.4 is 4.74 Å². The third-order valence-electron chi connectivity index (χ3n) is 6.44. The van der Waals surface area contributed by atoms with E-state index >= 15 is 0 Å². The first-order valence-electron chi connectivity index (χ1n) is 12.9. The van der Waals surface area contributed by atoms with Gasteiger partial charge in [0.1, 0.15) is 12.2 Å². The van der Waals surface area contributed by atoms with Crippen molar-refractivity contribution in [1.29, 1.82) is 0 Å². The molecule has 0 bridgehead atoms. The van der Waals surface area contributed by atoms with E-state index in [-0.39, 0.29) is 5.97 Å². The van der Waals surface area contributed by atoms with Crippen LogP contribution in [0.2, 0.25) is 0 Å². The highest BCUT2D eigenvalue weighted by molar-refractivity contribution is 6.99. The molecule has 0 aliphatic carbocycles. The number of nitrogens with zero attached hydrogens (tertiary/aromatic N) is 3. The van der Waals surface area contributed by atoms with E-state index in [2.05, 4.69) is 28.8 Å². The number of carbonyl (C=O) groups is 1. The third-order valence-corrected chi connectivity index (χ3v) is 6.95. The summed E-state index contributed by atoms with van der Waals surface area (Å²) < 4.78 is 21.8. The van der Waals surface area contributed by atoms with Crippen LogP contribution >= 0.6 is 11.7 Å². The Hall–Kier alpha value is -3.07. The Kier molecular flexibility index (Phi) is 11.3. The number of unbranched alkanes of at least 4 members (excludes halogenated alkanes) is 3. The molecule has 1 aromatic heterocycles.